The SMILES string of the molecule is Br.N=C1c2cc(Cl)c(Cl)cc2CN1Cc1cccc(OC(F)(F)F)c1. The highest BCUT2D eigenvalue weighted by atomic mass is 79.9. The first-order valence-electron chi connectivity index (χ1n) is 6.89. The minimum atomic E-state index is -4.73. The van der Waals surface area contributed by atoms with Gasteiger partial charge in [-0.3, -0.25) is 5.41 Å². The van der Waals surface area contributed by atoms with Crippen molar-refractivity contribution in [1.29, 1.82) is 5.41 Å². The maximum Gasteiger partial charge on any atom is 0.573 e. The van der Waals surface area contributed by atoms with Crippen molar-refractivity contribution in [2.24, 2.45) is 0 Å². The second kappa shape index (κ2) is 7.43. The Kier molecular flexibility index (Phi) is 5.91. The fourth-order valence-corrected chi connectivity index (χ4v) is 2.94. The van der Waals surface area contributed by atoms with Crippen LogP contribution in [0.5, 0.6) is 5.75 Å². The molecule has 1 aliphatic rings. The summed E-state index contributed by atoms with van der Waals surface area (Å²) >= 11 is 12.0. The van der Waals surface area contributed by atoms with Crippen molar-refractivity contribution in [2.45, 2.75) is 19.5 Å². The normalized spacial score (nSPS) is 13.5. The molecule has 1 N–H and O–H groups in total. The van der Waals surface area contributed by atoms with Crippen molar-refractivity contribution in [3.63, 3.8) is 0 Å². The molecule has 9 heteroatoms. The zero-order valence-electron chi connectivity index (χ0n) is 12.5. The smallest absolute Gasteiger partial charge is 0.406 e. The van der Waals surface area contributed by atoms with Crippen molar-refractivity contribution in [1.82, 2.24) is 4.90 Å². The zero-order valence-corrected chi connectivity index (χ0v) is 15.8. The van der Waals surface area contributed by atoms with Crippen molar-refractivity contribution < 1.29 is 17.9 Å². The quantitative estimate of drug-likeness (QED) is 0.633. The molecule has 0 amide bonds. The molecule has 3 rings (SSSR count). The number of nitrogens with zero attached hydrogens (tertiary/aromatic N) is 1. The Balaban J connectivity index is 0.00000225. The average molecular weight is 456 g/mol. The number of benzene rings is 2. The maximum absolute atomic E-state index is 12.3. The predicted octanol–water partition coefficient (Wildman–Crippen LogP) is 5.81. The van der Waals surface area contributed by atoms with Crippen LogP contribution in [-0.4, -0.2) is 17.1 Å². The van der Waals surface area contributed by atoms with E-state index >= 15 is 0 Å². The predicted molar refractivity (Wildman–Crippen MR) is 96.0 cm³/mol. The van der Waals surface area contributed by atoms with Gasteiger partial charge < -0.3 is 9.64 Å². The molecule has 0 unspecified atom stereocenters. The van der Waals surface area contributed by atoms with Crippen LogP contribution in [0.4, 0.5) is 13.2 Å². The molecule has 0 bridgehead atoms. The molecule has 0 saturated carbocycles. The van der Waals surface area contributed by atoms with E-state index in [1.54, 1.807) is 23.1 Å². The first-order chi connectivity index (χ1) is 11.2. The first-order valence-corrected chi connectivity index (χ1v) is 7.65. The largest absolute Gasteiger partial charge is 0.573 e. The molecule has 0 radical (unpaired) electrons. The van der Waals surface area contributed by atoms with E-state index in [0.29, 0.717) is 27.7 Å². The standard InChI is InChI=1S/C16H11Cl2F3N2O.BrH/c17-13-5-10-8-23(15(22)12(10)6-14(13)18)7-9-2-1-3-11(4-9)24-16(19,20)21;/h1-6,22H,7-8H2;1H. The number of nitrogens with one attached hydrogen (secondary N) is 1. The fourth-order valence-electron chi connectivity index (χ4n) is 2.59. The van der Waals surface area contributed by atoms with Gasteiger partial charge >= 0.3 is 6.36 Å². The van der Waals surface area contributed by atoms with Crippen LogP contribution in [0.3, 0.4) is 0 Å². The van der Waals surface area contributed by atoms with E-state index in [0.717, 1.165) is 5.56 Å². The van der Waals surface area contributed by atoms with Crippen molar-refractivity contribution in [3.05, 3.63) is 63.1 Å². The van der Waals surface area contributed by atoms with Gasteiger partial charge in [-0.25, -0.2) is 0 Å². The van der Waals surface area contributed by atoms with E-state index in [9.17, 15) is 13.2 Å². The number of fused-ring (bicyclic) bond motifs is 1. The molecule has 0 atom stereocenters. The van der Waals surface area contributed by atoms with Crippen LogP contribution in [0.2, 0.25) is 10.0 Å². The summed E-state index contributed by atoms with van der Waals surface area (Å²) in [6, 6.07) is 9.04. The van der Waals surface area contributed by atoms with Crippen LogP contribution >= 0.6 is 40.2 Å². The lowest BCUT2D eigenvalue weighted by Gasteiger charge is -2.18. The highest BCUT2D eigenvalue weighted by Gasteiger charge is 2.31. The number of hydrogen-bond donors (Lipinski definition) is 1. The topological polar surface area (TPSA) is 36.3 Å². The highest BCUT2D eigenvalue weighted by Crippen LogP contribution is 2.32. The maximum atomic E-state index is 12.3. The average Bonchev–Trinajstić information content (AvgIpc) is 2.75. The number of alkyl halides is 3. The monoisotopic (exact) mass is 454 g/mol. The van der Waals surface area contributed by atoms with Crippen LogP contribution in [0.15, 0.2) is 36.4 Å². The minimum absolute atomic E-state index is 0. The summed E-state index contributed by atoms with van der Waals surface area (Å²) in [5.74, 6) is -0.0277. The Morgan fingerprint density at radius 2 is 1.80 bits per heavy atom. The van der Waals surface area contributed by atoms with Gasteiger partial charge in [0, 0.05) is 18.7 Å². The number of ether oxygens (including phenoxy) is 1. The minimum Gasteiger partial charge on any atom is -0.406 e. The third-order valence-corrected chi connectivity index (χ3v) is 4.31. The molecule has 134 valence electrons. The van der Waals surface area contributed by atoms with Crippen LogP contribution in [0, 0.1) is 5.41 Å². The first kappa shape index (κ1) is 19.9. The second-order valence-electron chi connectivity index (χ2n) is 5.32. The highest BCUT2D eigenvalue weighted by molar-refractivity contribution is 8.93. The Morgan fingerprint density at radius 3 is 2.48 bits per heavy atom. The lowest BCUT2D eigenvalue weighted by Crippen LogP contribution is -2.23. The van der Waals surface area contributed by atoms with Gasteiger partial charge in [0.05, 0.1) is 10.0 Å². The van der Waals surface area contributed by atoms with Crippen molar-refractivity contribution in [2.75, 3.05) is 0 Å². The second-order valence-corrected chi connectivity index (χ2v) is 6.14. The number of rotatable bonds is 3. The molecule has 3 nitrogen and oxygen atoms in total. The Morgan fingerprint density at radius 1 is 1.12 bits per heavy atom. The summed E-state index contributed by atoms with van der Waals surface area (Å²) in [5, 5.41) is 8.99. The van der Waals surface area contributed by atoms with Gasteiger partial charge in [-0.1, -0.05) is 35.3 Å². The van der Waals surface area contributed by atoms with Crippen LogP contribution in [0.1, 0.15) is 16.7 Å². The summed E-state index contributed by atoms with van der Waals surface area (Å²) in [6.07, 6.45) is -4.73. The molecule has 0 spiro atoms. The Labute approximate surface area is 162 Å². The molecule has 0 aliphatic carbocycles. The zero-order chi connectivity index (χ0) is 17.5. The van der Waals surface area contributed by atoms with E-state index < -0.39 is 6.36 Å². The van der Waals surface area contributed by atoms with Gasteiger partial charge in [-0.05, 0) is 35.4 Å². The van der Waals surface area contributed by atoms with E-state index in [1.807, 2.05) is 0 Å². The third kappa shape index (κ3) is 4.59. The molecule has 0 fully saturated rings. The van der Waals surface area contributed by atoms with Crippen molar-refractivity contribution >= 4 is 46.0 Å². The van der Waals surface area contributed by atoms with E-state index in [4.69, 9.17) is 28.6 Å². The summed E-state index contributed by atoms with van der Waals surface area (Å²) in [7, 11) is 0. The van der Waals surface area contributed by atoms with Gasteiger partial charge in [0.2, 0.25) is 0 Å². The van der Waals surface area contributed by atoms with Gasteiger partial charge in [-0.15, -0.1) is 30.2 Å². The van der Waals surface area contributed by atoms with Crippen molar-refractivity contribution in [3.8, 4) is 5.75 Å². The summed E-state index contributed by atoms with van der Waals surface area (Å²) in [4.78, 5) is 1.73. The Hall–Kier alpha value is -1.44. The summed E-state index contributed by atoms with van der Waals surface area (Å²) < 4.78 is 40.8. The summed E-state index contributed by atoms with van der Waals surface area (Å²) in [5.41, 5.74) is 2.13. The number of halogens is 6. The molecule has 0 saturated heterocycles. The lowest BCUT2D eigenvalue weighted by molar-refractivity contribution is -0.274. The van der Waals surface area contributed by atoms with E-state index in [-0.39, 0.29) is 35.1 Å². The van der Waals surface area contributed by atoms with Gasteiger partial charge in [0.25, 0.3) is 0 Å². The van der Waals surface area contributed by atoms with Gasteiger partial charge in [-0.2, -0.15) is 0 Å². The number of amidine groups is 1. The molecule has 25 heavy (non-hydrogen) atoms. The van der Waals surface area contributed by atoms with Gasteiger partial charge in [0.1, 0.15) is 11.6 Å². The lowest BCUT2D eigenvalue weighted by atomic mass is 10.1. The fraction of sp³-hybridized carbons (Fsp3) is 0.188. The van der Waals surface area contributed by atoms with Crippen LogP contribution < -0.4 is 4.74 Å². The van der Waals surface area contributed by atoms with Gasteiger partial charge in [0.15, 0.2) is 0 Å². The molecule has 1 heterocycles. The summed E-state index contributed by atoms with van der Waals surface area (Å²) in [6.45, 7) is 0.715. The van der Waals surface area contributed by atoms with Crippen LogP contribution in [0.25, 0.3) is 0 Å². The molecular weight excluding hydrogens is 444 g/mol. The Bertz CT molecular complexity index is 814. The van der Waals surface area contributed by atoms with E-state index in [2.05, 4.69) is 4.74 Å². The third-order valence-electron chi connectivity index (χ3n) is 3.58. The molecule has 1 aliphatic heterocycles. The molecule has 0 aromatic heterocycles. The van der Waals surface area contributed by atoms with E-state index in [1.165, 1.54) is 18.2 Å². The molecule has 2 aromatic carbocycles. The number of hydrogen-bond acceptors (Lipinski definition) is 2. The molecular formula is C16H12BrCl2F3N2O. The molecule has 2 aromatic rings. The van der Waals surface area contributed by atoms with Crippen LogP contribution in [-0.2, 0) is 13.1 Å².